The van der Waals surface area contributed by atoms with Gasteiger partial charge in [0.15, 0.2) is 10.9 Å². The maximum atomic E-state index is 13.7. The summed E-state index contributed by atoms with van der Waals surface area (Å²) in [6, 6.07) is 21.4. The van der Waals surface area contributed by atoms with Crippen LogP contribution in [0.1, 0.15) is 39.4 Å². The third-order valence-corrected chi connectivity index (χ3v) is 8.74. The molecule has 6 rings (SSSR count). The number of fused-ring (bicyclic) bond motifs is 3. The van der Waals surface area contributed by atoms with Gasteiger partial charge in [0.2, 0.25) is 0 Å². The number of hydrogen-bond donors (Lipinski definition) is 0. The zero-order chi connectivity index (χ0) is 24.5. The Bertz CT molecular complexity index is 1580. The van der Waals surface area contributed by atoms with Crippen molar-refractivity contribution < 1.29 is 9.21 Å². The Morgan fingerprint density at radius 1 is 0.972 bits per heavy atom. The van der Waals surface area contributed by atoms with Crippen molar-refractivity contribution in [2.24, 2.45) is 0 Å². The maximum Gasteiger partial charge on any atom is 0.263 e. The first-order chi connectivity index (χ1) is 17.7. The summed E-state index contributed by atoms with van der Waals surface area (Å²) < 4.78 is 7.20. The molecule has 0 radical (unpaired) electrons. The van der Waals surface area contributed by atoms with Gasteiger partial charge in [-0.25, -0.2) is 4.98 Å². The molecule has 0 amide bonds. The van der Waals surface area contributed by atoms with Crippen molar-refractivity contribution in [1.82, 2.24) is 9.55 Å². The molecule has 180 valence electrons. The Kier molecular flexibility index (Phi) is 6.34. The van der Waals surface area contributed by atoms with Crippen molar-refractivity contribution in [3.8, 4) is 11.1 Å². The number of thiophene rings is 1. The Labute approximate surface area is 216 Å². The number of carbonyl (C=O) groups is 1. The number of Topliss-reactive ketones (excluding diaryl/α,β-unsaturated/α-hetero) is 1. The highest BCUT2D eigenvalue weighted by molar-refractivity contribution is 7.99. The molecule has 3 heterocycles. The van der Waals surface area contributed by atoms with Gasteiger partial charge in [-0.1, -0.05) is 66.4 Å². The van der Waals surface area contributed by atoms with Gasteiger partial charge in [0.05, 0.1) is 23.9 Å². The molecule has 0 bridgehead atoms. The molecule has 1 aliphatic carbocycles. The van der Waals surface area contributed by atoms with Gasteiger partial charge in [0.25, 0.3) is 5.56 Å². The fourth-order valence-electron chi connectivity index (χ4n) is 4.72. The molecule has 0 spiro atoms. The lowest BCUT2D eigenvalue weighted by molar-refractivity contribution is 0.102. The van der Waals surface area contributed by atoms with Gasteiger partial charge >= 0.3 is 0 Å². The van der Waals surface area contributed by atoms with Crippen LogP contribution in [0.25, 0.3) is 21.3 Å². The number of thioether (sulfide) groups is 1. The summed E-state index contributed by atoms with van der Waals surface area (Å²) in [6.07, 6.45) is 5.79. The lowest BCUT2D eigenvalue weighted by Gasteiger charge is -2.13. The van der Waals surface area contributed by atoms with Crippen LogP contribution in [0.2, 0.25) is 0 Å². The van der Waals surface area contributed by atoms with Crippen molar-refractivity contribution in [2.45, 2.75) is 37.4 Å². The summed E-state index contributed by atoms with van der Waals surface area (Å²) in [7, 11) is 0. The largest absolute Gasteiger partial charge is 0.467 e. The van der Waals surface area contributed by atoms with Gasteiger partial charge in [-0.15, -0.1) is 11.3 Å². The minimum absolute atomic E-state index is 0.00369. The summed E-state index contributed by atoms with van der Waals surface area (Å²) in [4.78, 5) is 33.7. The average molecular weight is 513 g/mol. The fraction of sp³-hybridized carbons (Fsp3) is 0.207. The zero-order valence-corrected chi connectivity index (χ0v) is 21.2. The molecule has 5 nitrogen and oxygen atoms in total. The Balaban J connectivity index is 1.29. The number of carbonyl (C=O) groups excluding carboxylic acids is 1. The predicted octanol–water partition coefficient (Wildman–Crippen LogP) is 6.62. The van der Waals surface area contributed by atoms with Crippen LogP contribution >= 0.6 is 23.1 Å². The van der Waals surface area contributed by atoms with Gasteiger partial charge in [0, 0.05) is 10.4 Å². The van der Waals surface area contributed by atoms with E-state index in [2.05, 4.69) is 12.1 Å². The van der Waals surface area contributed by atoms with Crippen LogP contribution in [0.5, 0.6) is 0 Å². The van der Waals surface area contributed by atoms with E-state index >= 15 is 0 Å². The molecule has 0 aliphatic heterocycles. The van der Waals surface area contributed by atoms with E-state index in [1.807, 2.05) is 54.6 Å². The molecule has 0 unspecified atom stereocenters. The van der Waals surface area contributed by atoms with Gasteiger partial charge in [-0.05, 0) is 54.5 Å². The molecule has 3 aromatic heterocycles. The standard InChI is InChI=1S/C29H24N2O3S2/c32-24(21-14-12-20(13-15-21)19-7-2-1-3-8-19)18-35-29-30-27-26(23-10-4-5-11-25(23)36-27)28(33)31(29)17-22-9-6-16-34-22/h1-3,6-9,12-16H,4-5,10-11,17-18H2. The minimum Gasteiger partial charge on any atom is -0.467 e. The SMILES string of the molecule is O=C(CSc1nc2sc3c(c2c(=O)n1Cc1ccco1)CCCC3)c1ccc(-c2ccccc2)cc1. The maximum absolute atomic E-state index is 13.7. The number of furan rings is 1. The molecule has 0 N–H and O–H groups in total. The van der Waals surface area contributed by atoms with E-state index in [1.54, 1.807) is 22.2 Å². The van der Waals surface area contributed by atoms with Crippen LogP contribution in [0, 0.1) is 0 Å². The number of aryl methyl sites for hydroxylation is 2. The van der Waals surface area contributed by atoms with Gasteiger partial charge in [-0.2, -0.15) is 0 Å². The first-order valence-corrected chi connectivity index (χ1v) is 13.9. The van der Waals surface area contributed by atoms with E-state index in [0.29, 0.717) is 23.0 Å². The van der Waals surface area contributed by atoms with E-state index in [-0.39, 0.29) is 17.1 Å². The molecule has 0 saturated carbocycles. The van der Waals surface area contributed by atoms with Gasteiger partial charge in [0.1, 0.15) is 10.6 Å². The molecular weight excluding hydrogens is 488 g/mol. The van der Waals surface area contributed by atoms with E-state index < -0.39 is 0 Å². The van der Waals surface area contributed by atoms with Crippen molar-refractivity contribution >= 4 is 39.1 Å². The Morgan fingerprint density at radius 2 is 1.75 bits per heavy atom. The molecular formula is C29H24N2O3S2. The summed E-state index contributed by atoms with van der Waals surface area (Å²) in [5, 5.41) is 1.30. The molecule has 5 aromatic rings. The van der Waals surface area contributed by atoms with E-state index in [1.165, 1.54) is 16.6 Å². The highest BCUT2D eigenvalue weighted by Crippen LogP contribution is 2.35. The normalized spacial score (nSPS) is 13.1. The lowest BCUT2D eigenvalue weighted by Crippen LogP contribution is -2.24. The van der Waals surface area contributed by atoms with Crippen molar-refractivity contribution in [3.05, 3.63) is 105 Å². The van der Waals surface area contributed by atoms with Crippen molar-refractivity contribution in [1.29, 1.82) is 0 Å². The van der Waals surface area contributed by atoms with Crippen LogP contribution in [-0.2, 0) is 19.4 Å². The molecule has 2 aromatic carbocycles. The minimum atomic E-state index is -0.0436. The molecule has 7 heteroatoms. The Hall–Kier alpha value is -3.42. The van der Waals surface area contributed by atoms with Crippen LogP contribution in [0.3, 0.4) is 0 Å². The van der Waals surface area contributed by atoms with Crippen LogP contribution in [0.4, 0.5) is 0 Å². The quantitative estimate of drug-likeness (QED) is 0.139. The number of rotatable bonds is 7. The second kappa shape index (κ2) is 9.91. The van der Waals surface area contributed by atoms with E-state index in [0.717, 1.165) is 52.6 Å². The van der Waals surface area contributed by atoms with Gasteiger partial charge in [-0.3, -0.25) is 14.2 Å². The molecule has 0 fully saturated rings. The monoisotopic (exact) mass is 512 g/mol. The predicted molar refractivity (Wildman–Crippen MR) is 145 cm³/mol. The molecule has 0 saturated heterocycles. The topological polar surface area (TPSA) is 65.1 Å². The fourth-order valence-corrected chi connectivity index (χ4v) is 6.92. The van der Waals surface area contributed by atoms with Crippen LogP contribution < -0.4 is 5.56 Å². The average Bonchev–Trinajstić information content (AvgIpc) is 3.57. The summed E-state index contributed by atoms with van der Waals surface area (Å²) >= 11 is 2.94. The van der Waals surface area contributed by atoms with Crippen LogP contribution in [0.15, 0.2) is 87.4 Å². The lowest BCUT2D eigenvalue weighted by atomic mass is 9.97. The zero-order valence-electron chi connectivity index (χ0n) is 19.6. The number of hydrogen-bond acceptors (Lipinski definition) is 6. The summed E-state index contributed by atoms with van der Waals surface area (Å²) in [5.41, 5.74) is 3.95. The first-order valence-electron chi connectivity index (χ1n) is 12.1. The van der Waals surface area contributed by atoms with Crippen LogP contribution in [-0.4, -0.2) is 21.1 Å². The second-order valence-electron chi connectivity index (χ2n) is 8.91. The number of benzene rings is 2. The second-order valence-corrected chi connectivity index (χ2v) is 10.9. The molecule has 36 heavy (non-hydrogen) atoms. The van der Waals surface area contributed by atoms with Crippen molar-refractivity contribution in [2.75, 3.05) is 5.75 Å². The smallest absolute Gasteiger partial charge is 0.263 e. The van der Waals surface area contributed by atoms with Crippen molar-refractivity contribution in [3.63, 3.8) is 0 Å². The summed E-state index contributed by atoms with van der Waals surface area (Å²) in [5.74, 6) is 0.891. The first kappa shape index (κ1) is 23.0. The number of ketones is 1. The van der Waals surface area contributed by atoms with E-state index in [9.17, 15) is 9.59 Å². The molecule has 0 atom stereocenters. The van der Waals surface area contributed by atoms with E-state index in [4.69, 9.17) is 9.40 Å². The third-order valence-electron chi connectivity index (χ3n) is 6.58. The number of nitrogens with zero attached hydrogens (tertiary/aromatic N) is 2. The third kappa shape index (κ3) is 4.45. The summed E-state index contributed by atoms with van der Waals surface area (Å²) in [6.45, 7) is 0.293. The number of aromatic nitrogens is 2. The Morgan fingerprint density at radius 3 is 2.53 bits per heavy atom. The highest BCUT2D eigenvalue weighted by Gasteiger charge is 2.23. The van der Waals surface area contributed by atoms with Gasteiger partial charge < -0.3 is 4.42 Å². The molecule has 1 aliphatic rings. The highest BCUT2D eigenvalue weighted by atomic mass is 32.2.